The van der Waals surface area contributed by atoms with Crippen molar-refractivity contribution in [3.63, 3.8) is 0 Å². The molecule has 1 N–H and O–H groups in total. The molecule has 0 saturated heterocycles. The molecule has 0 aliphatic heterocycles. The van der Waals surface area contributed by atoms with Crippen LogP contribution < -0.4 is 10.1 Å². The molecule has 7 nitrogen and oxygen atoms in total. The van der Waals surface area contributed by atoms with Gasteiger partial charge >= 0.3 is 0 Å². The van der Waals surface area contributed by atoms with Crippen LogP contribution in [0.4, 0.5) is 5.13 Å². The SMILES string of the molecule is CCCNc1ncc(-c2cc(-c3cc(OCc4ccccc4)ccc3Cl)nc(-c3cnccn3)n2)s1. The Balaban J connectivity index is 1.53. The van der Waals surface area contributed by atoms with Crippen LogP contribution >= 0.6 is 22.9 Å². The molecule has 5 rings (SSSR count). The van der Waals surface area contributed by atoms with E-state index in [-0.39, 0.29) is 0 Å². The largest absolute Gasteiger partial charge is 0.489 e. The first kappa shape index (κ1) is 23.8. The topological polar surface area (TPSA) is 85.7 Å². The first-order chi connectivity index (χ1) is 17.7. The molecule has 3 heterocycles. The van der Waals surface area contributed by atoms with Crippen molar-refractivity contribution in [2.75, 3.05) is 11.9 Å². The van der Waals surface area contributed by atoms with E-state index in [1.165, 1.54) is 0 Å². The summed E-state index contributed by atoms with van der Waals surface area (Å²) in [4.78, 5) is 23.5. The van der Waals surface area contributed by atoms with Crippen LogP contribution in [-0.4, -0.2) is 31.5 Å². The zero-order valence-corrected chi connectivity index (χ0v) is 21.1. The molecule has 0 aliphatic rings. The molecule has 0 fully saturated rings. The number of aromatic nitrogens is 5. The fourth-order valence-electron chi connectivity index (χ4n) is 3.48. The van der Waals surface area contributed by atoms with Gasteiger partial charge in [0.05, 0.1) is 27.5 Å². The fraction of sp³-hybridized carbons (Fsp3) is 0.148. The Kier molecular flexibility index (Phi) is 7.44. The Morgan fingerprint density at radius 2 is 1.78 bits per heavy atom. The van der Waals surface area contributed by atoms with E-state index < -0.39 is 0 Å². The lowest BCUT2D eigenvalue weighted by Crippen LogP contribution is -1.98. The fourth-order valence-corrected chi connectivity index (χ4v) is 4.49. The van der Waals surface area contributed by atoms with Gasteiger partial charge in [0.15, 0.2) is 11.0 Å². The Bertz CT molecular complexity index is 1450. The molecule has 0 spiro atoms. The third-order valence-electron chi connectivity index (χ3n) is 5.26. The Morgan fingerprint density at radius 3 is 2.58 bits per heavy atom. The molecule has 0 bridgehead atoms. The zero-order valence-electron chi connectivity index (χ0n) is 19.6. The van der Waals surface area contributed by atoms with Gasteiger partial charge in [0, 0.05) is 30.7 Å². The van der Waals surface area contributed by atoms with Crippen LogP contribution in [0.1, 0.15) is 18.9 Å². The van der Waals surface area contributed by atoms with E-state index in [9.17, 15) is 0 Å². The molecule has 0 radical (unpaired) electrons. The van der Waals surface area contributed by atoms with Crippen molar-refractivity contribution in [1.82, 2.24) is 24.9 Å². The van der Waals surface area contributed by atoms with Crippen molar-refractivity contribution in [2.24, 2.45) is 0 Å². The number of nitrogens with zero attached hydrogens (tertiary/aromatic N) is 5. The van der Waals surface area contributed by atoms with E-state index >= 15 is 0 Å². The lowest BCUT2D eigenvalue weighted by molar-refractivity contribution is 0.306. The lowest BCUT2D eigenvalue weighted by Gasteiger charge is -2.11. The minimum atomic E-state index is 0.455. The number of thiazole rings is 1. The molecule has 0 saturated carbocycles. The predicted molar refractivity (Wildman–Crippen MR) is 144 cm³/mol. The zero-order chi connectivity index (χ0) is 24.7. The number of benzene rings is 2. The summed E-state index contributed by atoms with van der Waals surface area (Å²) >= 11 is 8.18. The summed E-state index contributed by atoms with van der Waals surface area (Å²) in [5, 5.41) is 4.74. The van der Waals surface area contributed by atoms with E-state index in [1.807, 2.05) is 60.8 Å². The summed E-state index contributed by atoms with van der Waals surface area (Å²) in [5.41, 5.74) is 3.79. The van der Waals surface area contributed by atoms with E-state index in [1.54, 1.807) is 29.9 Å². The molecular formula is C27H23ClN6OS. The maximum atomic E-state index is 6.64. The molecule has 36 heavy (non-hydrogen) atoms. The summed E-state index contributed by atoms with van der Waals surface area (Å²) in [6.45, 7) is 3.43. The van der Waals surface area contributed by atoms with Crippen LogP contribution in [-0.2, 0) is 6.61 Å². The number of nitrogens with one attached hydrogen (secondary N) is 1. The molecule has 0 atom stereocenters. The van der Waals surface area contributed by atoms with Gasteiger partial charge in [-0.05, 0) is 36.2 Å². The summed E-state index contributed by atoms with van der Waals surface area (Å²) in [6.07, 6.45) is 7.72. The van der Waals surface area contributed by atoms with Crippen LogP contribution in [0.25, 0.3) is 33.3 Å². The van der Waals surface area contributed by atoms with Gasteiger partial charge in [0.2, 0.25) is 0 Å². The monoisotopic (exact) mass is 514 g/mol. The quantitative estimate of drug-likeness (QED) is 0.232. The van der Waals surface area contributed by atoms with Gasteiger partial charge < -0.3 is 10.1 Å². The summed E-state index contributed by atoms with van der Waals surface area (Å²) in [7, 11) is 0. The summed E-state index contributed by atoms with van der Waals surface area (Å²) in [5.74, 6) is 1.15. The highest BCUT2D eigenvalue weighted by Gasteiger charge is 2.16. The molecule has 0 unspecified atom stereocenters. The molecule has 0 aliphatic carbocycles. The highest BCUT2D eigenvalue weighted by molar-refractivity contribution is 7.18. The second-order valence-corrected chi connectivity index (χ2v) is 9.36. The van der Waals surface area contributed by atoms with Gasteiger partial charge in [-0.2, -0.15) is 0 Å². The second-order valence-electron chi connectivity index (χ2n) is 7.93. The molecule has 5 aromatic rings. The highest BCUT2D eigenvalue weighted by atomic mass is 35.5. The first-order valence-electron chi connectivity index (χ1n) is 11.5. The van der Waals surface area contributed by atoms with Gasteiger partial charge in [-0.25, -0.2) is 19.9 Å². The summed E-state index contributed by atoms with van der Waals surface area (Å²) < 4.78 is 6.04. The van der Waals surface area contributed by atoms with Crippen molar-refractivity contribution in [3.05, 3.63) is 90.0 Å². The molecule has 9 heteroatoms. The molecular weight excluding hydrogens is 492 g/mol. The number of anilines is 1. The third kappa shape index (κ3) is 5.67. The minimum absolute atomic E-state index is 0.455. The predicted octanol–water partition coefficient (Wildman–Crippen LogP) is 6.78. The average Bonchev–Trinajstić information content (AvgIpc) is 3.41. The first-order valence-corrected chi connectivity index (χ1v) is 12.7. The number of halogens is 1. The minimum Gasteiger partial charge on any atom is -0.489 e. The Hall–Kier alpha value is -3.88. The van der Waals surface area contributed by atoms with Crippen molar-refractivity contribution in [2.45, 2.75) is 20.0 Å². The second kappa shape index (κ2) is 11.2. The van der Waals surface area contributed by atoms with Crippen molar-refractivity contribution in [1.29, 1.82) is 0 Å². The number of rotatable bonds is 9. The summed E-state index contributed by atoms with van der Waals surface area (Å²) in [6, 6.07) is 17.5. The molecule has 180 valence electrons. The molecule has 0 amide bonds. The standard InChI is InChI=1S/C27H23ClN6OS/c1-2-10-31-27-32-16-25(36-27)23-14-22(33-26(34-23)24-15-29-11-12-30-24)20-13-19(8-9-21(20)28)35-17-18-6-4-3-5-7-18/h3-9,11-16H,2,10,17H2,1H3,(H,31,32). The normalized spacial score (nSPS) is 10.8. The third-order valence-corrected chi connectivity index (χ3v) is 6.57. The van der Waals surface area contributed by atoms with Gasteiger partial charge in [0.25, 0.3) is 0 Å². The van der Waals surface area contributed by atoms with Crippen molar-refractivity contribution >= 4 is 28.1 Å². The number of ether oxygens (including phenoxy) is 1. The van der Waals surface area contributed by atoms with E-state index in [0.29, 0.717) is 34.6 Å². The molecule has 3 aromatic heterocycles. The van der Waals surface area contributed by atoms with Crippen LogP contribution in [0.15, 0.2) is 79.4 Å². The Labute approximate surface area is 218 Å². The van der Waals surface area contributed by atoms with Crippen LogP contribution in [0.5, 0.6) is 5.75 Å². The van der Waals surface area contributed by atoms with E-state index in [2.05, 4.69) is 27.2 Å². The van der Waals surface area contributed by atoms with E-state index in [4.69, 9.17) is 26.3 Å². The average molecular weight is 515 g/mol. The van der Waals surface area contributed by atoms with Gasteiger partial charge in [-0.3, -0.25) is 4.98 Å². The van der Waals surface area contributed by atoms with Gasteiger partial charge in [0.1, 0.15) is 18.1 Å². The van der Waals surface area contributed by atoms with Crippen molar-refractivity contribution in [3.8, 4) is 39.1 Å². The maximum Gasteiger partial charge on any atom is 0.183 e. The Morgan fingerprint density at radius 1 is 0.917 bits per heavy atom. The smallest absolute Gasteiger partial charge is 0.183 e. The molecule has 2 aromatic carbocycles. The van der Waals surface area contributed by atoms with Gasteiger partial charge in [-0.15, -0.1) is 0 Å². The van der Waals surface area contributed by atoms with Gasteiger partial charge in [-0.1, -0.05) is 60.2 Å². The number of hydrogen-bond acceptors (Lipinski definition) is 8. The lowest BCUT2D eigenvalue weighted by atomic mass is 10.1. The number of hydrogen-bond donors (Lipinski definition) is 1. The van der Waals surface area contributed by atoms with Crippen molar-refractivity contribution < 1.29 is 4.74 Å². The van der Waals surface area contributed by atoms with E-state index in [0.717, 1.165) is 39.8 Å². The van der Waals surface area contributed by atoms with Crippen LogP contribution in [0, 0.1) is 0 Å². The van der Waals surface area contributed by atoms with Crippen LogP contribution in [0.2, 0.25) is 5.02 Å². The maximum absolute atomic E-state index is 6.64. The highest BCUT2D eigenvalue weighted by Crippen LogP contribution is 2.35. The van der Waals surface area contributed by atoms with Crippen LogP contribution in [0.3, 0.4) is 0 Å².